The summed E-state index contributed by atoms with van der Waals surface area (Å²) in [4.78, 5) is 36.1. The first-order valence-electron chi connectivity index (χ1n) is 11.2. The lowest BCUT2D eigenvalue weighted by Crippen LogP contribution is -2.15. The van der Waals surface area contributed by atoms with E-state index >= 15 is 0 Å². The van der Waals surface area contributed by atoms with Crippen LogP contribution in [0.25, 0.3) is 0 Å². The van der Waals surface area contributed by atoms with E-state index in [9.17, 15) is 14.4 Å². The fourth-order valence-corrected chi connectivity index (χ4v) is 3.21. The summed E-state index contributed by atoms with van der Waals surface area (Å²) in [5.41, 5.74) is 4.36. The summed E-state index contributed by atoms with van der Waals surface area (Å²) >= 11 is 0. The molecule has 0 atom stereocenters. The first-order chi connectivity index (χ1) is 16.3. The van der Waals surface area contributed by atoms with E-state index in [0.29, 0.717) is 23.4 Å². The van der Waals surface area contributed by atoms with Crippen molar-refractivity contribution in [3.05, 3.63) is 89.0 Å². The monoisotopic (exact) mass is 459 g/mol. The van der Waals surface area contributed by atoms with Gasteiger partial charge in [-0.05, 0) is 68.7 Å². The minimum atomic E-state index is -0.499. The van der Waals surface area contributed by atoms with Crippen molar-refractivity contribution in [2.45, 2.75) is 40.0 Å². The van der Waals surface area contributed by atoms with Crippen LogP contribution in [0.15, 0.2) is 66.7 Å². The summed E-state index contributed by atoms with van der Waals surface area (Å²) in [6.07, 6.45) is 0.566. The van der Waals surface area contributed by atoms with Crippen molar-refractivity contribution >= 4 is 23.3 Å². The van der Waals surface area contributed by atoms with Crippen LogP contribution in [0.1, 0.15) is 46.3 Å². The predicted molar refractivity (Wildman–Crippen MR) is 131 cm³/mol. The molecule has 3 aromatic carbocycles. The molecule has 1 amide bonds. The Morgan fingerprint density at radius 3 is 2.18 bits per heavy atom. The number of anilines is 1. The molecule has 3 aromatic rings. The van der Waals surface area contributed by atoms with E-state index in [-0.39, 0.29) is 31.1 Å². The molecule has 6 heteroatoms. The molecule has 0 spiro atoms. The number of amides is 1. The number of nitrogens with one attached hydrogen (secondary N) is 1. The molecule has 0 saturated heterocycles. The van der Waals surface area contributed by atoms with E-state index in [2.05, 4.69) is 5.32 Å². The zero-order valence-corrected chi connectivity index (χ0v) is 19.7. The third kappa shape index (κ3) is 7.59. The van der Waals surface area contributed by atoms with Gasteiger partial charge in [0.15, 0.2) is 12.4 Å². The molecule has 0 saturated carbocycles. The van der Waals surface area contributed by atoms with E-state index in [1.165, 1.54) is 0 Å². The van der Waals surface area contributed by atoms with Crippen LogP contribution in [0.4, 0.5) is 5.69 Å². The molecule has 34 heavy (non-hydrogen) atoms. The Hall–Kier alpha value is -3.93. The molecule has 0 heterocycles. The van der Waals surface area contributed by atoms with Crippen molar-refractivity contribution in [3.63, 3.8) is 0 Å². The van der Waals surface area contributed by atoms with E-state index in [4.69, 9.17) is 9.47 Å². The largest absolute Gasteiger partial charge is 0.457 e. The number of Topliss-reactive ketones (excluding diaryl/α,β-unsaturated/α-hetero) is 1. The van der Waals surface area contributed by atoms with Gasteiger partial charge in [-0.15, -0.1) is 0 Å². The van der Waals surface area contributed by atoms with Crippen molar-refractivity contribution in [2.75, 3.05) is 11.9 Å². The fraction of sp³-hybridized carbons (Fsp3) is 0.250. The molecule has 3 rings (SSSR count). The smallest absolute Gasteiger partial charge is 0.306 e. The van der Waals surface area contributed by atoms with Gasteiger partial charge >= 0.3 is 5.97 Å². The Labute approximate surface area is 199 Å². The van der Waals surface area contributed by atoms with Gasteiger partial charge in [0, 0.05) is 24.1 Å². The maximum atomic E-state index is 12.2. The van der Waals surface area contributed by atoms with Crippen molar-refractivity contribution in [1.82, 2.24) is 0 Å². The summed E-state index contributed by atoms with van der Waals surface area (Å²) in [7, 11) is 0. The molecule has 0 fully saturated rings. The van der Waals surface area contributed by atoms with Crippen LogP contribution in [0.2, 0.25) is 0 Å². The number of benzene rings is 3. The molecule has 176 valence electrons. The second-order valence-corrected chi connectivity index (χ2v) is 8.25. The Morgan fingerprint density at radius 1 is 0.794 bits per heavy atom. The number of aryl methyl sites for hydroxylation is 3. The molecule has 0 aromatic heterocycles. The molecule has 0 radical (unpaired) electrons. The van der Waals surface area contributed by atoms with Gasteiger partial charge in [-0.2, -0.15) is 0 Å². The number of ether oxygens (including phenoxy) is 2. The maximum Gasteiger partial charge on any atom is 0.306 e. The fourth-order valence-electron chi connectivity index (χ4n) is 3.21. The van der Waals surface area contributed by atoms with Crippen molar-refractivity contribution in [2.24, 2.45) is 0 Å². The Bertz CT molecular complexity index is 1150. The molecule has 0 aliphatic rings. The minimum Gasteiger partial charge on any atom is -0.457 e. The average molecular weight is 460 g/mol. The first kappa shape index (κ1) is 24.7. The third-order valence-corrected chi connectivity index (χ3v) is 5.23. The van der Waals surface area contributed by atoms with Gasteiger partial charge < -0.3 is 14.8 Å². The van der Waals surface area contributed by atoms with Gasteiger partial charge in [0.05, 0.1) is 0 Å². The highest BCUT2D eigenvalue weighted by molar-refractivity contribution is 5.98. The minimum absolute atomic E-state index is 0.0667. The van der Waals surface area contributed by atoms with Crippen LogP contribution in [0.3, 0.4) is 0 Å². The van der Waals surface area contributed by atoms with Crippen molar-refractivity contribution < 1.29 is 23.9 Å². The van der Waals surface area contributed by atoms with Gasteiger partial charge in [-0.25, -0.2) is 0 Å². The quantitative estimate of drug-likeness (QED) is 0.300. The van der Waals surface area contributed by atoms with Crippen LogP contribution < -0.4 is 10.1 Å². The molecule has 0 bridgehead atoms. The molecule has 1 N–H and O–H groups in total. The predicted octanol–water partition coefficient (Wildman–Crippen LogP) is 5.94. The van der Waals surface area contributed by atoms with Crippen LogP contribution >= 0.6 is 0 Å². The summed E-state index contributed by atoms with van der Waals surface area (Å²) in [5, 5.41) is 2.80. The molecule has 6 nitrogen and oxygen atoms in total. The van der Waals surface area contributed by atoms with Gasteiger partial charge in [0.2, 0.25) is 5.91 Å². The van der Waals surface area contributed by atoms with Crippen molar-refractivity contribution in [3.8, 4) is 11.5 Å². The van der Waals surface area contributed by atoms with Gasteiger partial charge in [-0.3, -0.25) is 14.4 Å². The second-order valence-electron chi connectivity index (χ2n) is 8.25. The highest BCUT2D eigenvalue weighted by atomic mass is 16.5. The lowest BCUT2D eigenvalue weighted by atomic mass is 10.1. The summed E-state index contributed by atoms with van der Waals surface area (Å²) in [6, 6.07) is 20.2. The lowest BCUT2D eigenvalue weighted by molar-refractivity contribution is -0.142. The number of hydrogen-bond acceptors (Lipinski definition) is 5. The molecule has 0 aliphatic carbocycles. The Morgan fingerprint density at radius 2 is 1.47 bits per heavy atom. The van der Waals surface area contributed by atoms with E-state index < -0.39 is 5.97 Å². The highest BCUT2D eigenvalue weighted by Gasteiger charge is 2.11. The molecule has 0 unspecified atom stereocenters. The van der Waals surface area contributed by atoms with Crippen LogP contribution in [-0.2, 0) is 14.3 Å². The van der Waals surface area contributed by atoms with E-state index in [1.54, 1.807) is 36.4 Å². The van der Waals surface area contributed by atoms with E-state index in [0.717, 1.165) is 22.4 Å². The molecular weight excluding hydrogens is 430 g/mol. The van der Waals surface area contributed by atoms with E-state index in [1.807, 2.05) is 51.1 Å². The zero-order chi connectivity index (χ0) is 24.5. The zero-order valence-electron chi connectivity index (χ0n) is 19.7. The summed E-state index contributed by atoms with van der Waals surface area (Å²) < 4.78 is 11.0. The number of rotatable bonds is 10. The number of carbonyl (C=O) groups is 3. The molecular formula is C28H29NO5. The normalized spacial score (nSPS) is 10.4. The molecule has 0 aliphatic heterocycles. The summed E-state index contributed by atoms with van der Waals surface area (Å²) in [6.45, 7) is 5.63. The highest BCUT2D eigenvalue weighted by Crippen LogP contribution is 2.27. The number of ketones is 1. The Balaban J connectivity index is 1.37. The van der Waals surface area contributed by atoms with Gasteiger partial charge in [0.25, 0.3) is 0 Å². The second kappa shape index (κ2) is 11.8. The van der Waals surface area contributed by atoms with Crippen LogP contribution in [0.5, 0.6) is 11.5 Å². The third-order valence-electron chi connectivity index (χ3n) is 5.23. The standard InChI is InChI=1S/C28H29NO5/c1-19-8-11-22(12-9-19)25(30)18-33-28(32)6-4-5-27(31)29-23-13-15-24(16-14-23)34-26-17-20(2)7-10-21(26)3/h7-17H,4-6,18H2,1-3H3,(H,29,31). The first-order valence-corrected chi connectivity index (χ1v) is 11.2. The van der Waals surface area contributed by atoms with Crippen molar-refractivity contribution in [1.29, 1.82) is 0 Å². The van der Waals surface area contributed by atoms with Gasteiger partial charge in [-0.1, -0.05) is 42.0 Å². The van der Waals surface area contributed by atoms with Crippen LogP contribution in [0, 0.1) is 20.8 Å². The topological polar surface area (TPSA) is 81.7 Å². The number of carbonyl (C=O) groups excluding carboxylic acids is 3. The maximum absolute atomic E-state index is 12.2. The lowest BCUT2D eigenvalue weighted by Gasteiger charge is -2.11. The SMILES string of the molecule is Cc1ccc(C(=O)COC(=O)CCCC(=O)Nc2ccc(Oc3cc(C)ccc3C)cc2)cc1. The number of esters is 1. The summed E-state index contributed by atoms with van der Waals surface area (Å²) in [5.74, 6) is 0.517. The average Bonchev–Trinajstić information content (AvgIpc) is 2.81. The van der Waals surface area contributed by atoms with Gasteiger partial charge in [0.1, 0.15) is 11.5 Å². The number of hydrogen-bond donors (Lipinski definition) is 1. The Kier molecular flexibility index (Phi) is 8.57. The van der Waals surface area contributed by atoms with Crippen LogP contribution in [-0.4, -0.2) is 24.3 Å².